The average molecular weight is 322 g/mol. The quantitative estimate of drug-likeness (QED) is 0.829. The summed E-state index contributed by atoms with van der Waals surface area (Å²) >= 11 is 6.98. The van der Waals surface area contributed by atoms with Crippen LogP contribution < -0.4 is 0 Å². The van der Waals surface area contributed by atoms with E-state index in [4.69, 9.17) is 5.11 Å². The molecule has 0 fully saturated rings. The predicted molar refractivity (Wildman–Crippen MR) is 66.5 cm³/mol. The Labute approximate surface area is 102 Å². The summed E-state index contributed by atoms with van der Waals surface area (Å²) in [6, 6.07) is 4.03. The van der Waals surface area contributed by atoms with E-state index in [1.54, 1.807) is 0 Å². The van der Waals surface area contributed by atoms with Crippen molar-refractivity contribution >= 4 is 31.9 Å². The molecule has 0 aromatic heterocycles. The van der Waals surface area contributed by atoms with Gasteiger partial charge in [0.15, 0.2) is 0 Å². The molecule has 0 heterocycles. The van der Waals surface area contributed by atoms with Gasteiger partial charge in [0.05, 0.1) is 6.61 Å². The molecule has 0 spiro atoms. The van der Waals surface area contributed by atoms with E-state index in [0.29, 0.717) is 0 Å². The molecule has 0 bridgehead atoms. The fourth-order valence-corrected chi connectivity index (χ4v) is 2.74. The number of hydrogen-bond acceptors (Lipinski definition) is 1. The van der Waals surface area contributed by atoms with Crippen molar-refractivity contribution in [2.45, 2.75) is 32.8 Å². The second-order valence-electron chi connectivity index (χ2n) is 4.33. The third kappa shape index (κ3) is 2.59. The first-order valence-electron chi connectivity index (χ1n) is 4.45. The lowest BCUT2D eigenvalue weighted by Crippen LogP contribution is -2.12. The van der Waals surface area contributed by atoms with E-state index in [1.165, 1.54) is 5.56 Å². The minimum Gasteiger partial charge on any atom is -0.392 e. The number of aliphatic hydroxyl groups is 1. The standard InChI is InChI=1S/C11H14Br2O/c1-11(2,3)8-5-9(12)7(6-14)4-10(8)13/h4-5,14H,6H2,1-3H3. The van der Waals surface area contributed by atoms with Crippen molar-refractivity contribution < 1.29 is 5.11 Å². The zero-order chi connectivity index (χ0) is 10.9. The molecule has 1 aromatic carbocycles. The largest absolute Gasteiger partial charge is 0.392 e. The first kappa shape index (κ1) is 12.2. The second-order valence-corrected chi connectivity index (χ2v) is 6.04. The van der Waals surface area contributed by atoms with Crippen molar-refractivity contribution in [1.82, 2.24) is 0 Å². The lowest BCUT2D eigenvalue weighted by atomic mass is 9.87. The number of rotatable bonds is 1. The van der Waals surface area contributed by atoms with Gasteiger partial charge < -0.3 is 5.11 Å². The van der Waals surface area contributed by atoms with Gasteiger partial charge in [-0.25, -0.2) is 0 Å². The molecule has 0 atom stereocenters. The zero-order valence-electron chi connectivity index (χ0n) is 8.56. The van der Waals surface area contributed by atoms with Crippen LogP contribution in [0.1, 0.15) is 31.9 Å². The molecule has 0 unspecified atom stereocenters. The Balaban J connectivity index is 3.29. The highest BCUT2D eigenvalue weighted by atomic mass is 79.9. The molecule has 0 aliphatic heterocycles. The van der Waals surface area contributed by atoms with E-state index in [0.717, 1.165) is 14.5 Å². The van der Waals surface area contributed by atoms with Gasteiger partial charge in [0.2, 0.25) is 0 Å². The molecular formula is C11H14Br2O. The molecular weight excluding hydrogens is 308 g/mol. The highest BCUT2D eigenvalue weighted by Crippen LogP contribution is 2.34. The Morgan fingerprint density at radius 3 is 2.14 bits per heavy atom. The first-order valence-corrected chi connectivity index (χ1v) is 6.04. The van der Waals surface area contributed by atoms with Crippen LogP contribution in [0.15, 0.2) is 21.1 Å². The monoisotopic (exact) mass is 320 g/mol. The van der Waals surface area contributed by atoms with Crippen LogP contribution in [0.5, 0.6) is 0 Å². The van der Waals surface area contributed by atoms with E-state index in [1.807, 2.05) is 6.07 Å². The van der Waals surface area contributed by atoms with Crippen LogP contribution in [0.3, 0.4) is 0 Å². The number of halogens is 2. The molecule has 1 rings (SSSR count). The van der Waals surface area contributed by atoms with Crippen molar-refractivity contribution in [3.05, 3.63) is 32.2 Å². The third-order valence-corrected chi connectivity index (χ3v) is 3.51. The molecule has 1 aromatic rings. The van der Waals surface area contributed by atoms with Crippen LogP contribution in [0.25, 0.3) is 0 Å². The zero-order valence-corrected chi connectivity index (χ0v) is 11.7. The highest BCUT2D eigenvalue weighted by Gasteiger charge is 2.18. The molecule has 14 heavy (non-hydrogen) atoms. The fraction of sp³-hybridized carbons (Fsp3) is 0.455. The maximum absolute atomic E-state index is 9.09. The van der Waals surface area contributed by atoms with E-state index >= 15 is 0 Å². The highest BCUT2D eigenvalue weighted by molar-refractivity contribution is 9.11. The molecule has 0 amide bonds. The summed E-state index contributed by atoms with van der Waals surface area (Å²) in [6.07, 6.45) is 0. The first-order chi connectivity index (χ1) is 6.36. The Kier molecular flexibility index (Phi) is 3.78. The summed E-state index contributed by atoms with van der Waals surface area (Å²) in [4.78, 5) is 0. The van der Waals surface area contributed by atoms with Crippen molar-refractivity contribution in [1.29, 1.82) is 0 Å². The van der Waals surface area contributed by atoms with Gasteiger partial charge in [-0.05, 0) is 28.7 Å². The minimum absolute atomic E-state index is 0.0591. The number of aliphatic hydroxyl groups excluding tert-OH is 1. The summed E-state index contributed by atoms with van der Waals surface area (Å²) in [5, 5.41) is 9.09. The Morgan fingerprint density at radius 2 is 1.71 bits per heavy atom. The SMILES string of the molecule is CC(C)(C)c1cc(Br)c(CO)cc1Br. The molecule has 0 aliphatic rings. The smallest absolute Gasteiger partial charge is 0.0693 e. The second kappa shape index (κ2) is 4.33. The van der Waals surface area contributed by atoms with Crippen molar-refractivity contribution in [3.63, 3.8) is 0 Å². The van der Waals surface area contributed by atoms with Gasteiger partial charge in [0.25, 0.3) is 0 Å². The van der Waals surface area contributed by atoms with Crippen LogP contribution >= 0.6 is 31.9 Å². The molecule has 3 heteroatoms. The average Bonchev–Trinajstić information content (AvgIpc) is 2.06. The normalized spacial score (nSPS) is 11.9. The van der Waals surface area contributed by atoms with Crippen molar-refractivity contribution in [2.75, 3.05) is 0 Å². The van der Waals surface area contributed by atoms with Crippen LogP contribution in [0, 0.1) is 0 Å². The molecule has 1 nitrogen and oxygen atoms in total. The van der Waals surface area contributed by atoms with Gasteiger partial charge >= 0.3 is 0 Å². The van der Waals surface area contributed by atoms with Gasteiger partial charge in [-0.1, -0.05) is 52.6 Å². The number of benzene rings is 1. The number of hydrogen-bond donors (Lipinski definition) is 1. The van der Waals surface area contributed by atoms with E-state index in [-0.39, 0.29) is 12.0 Å². The van der Waals surface area contributed by atoms with Crippen LogP contribution in [0.4, 0.5) is 0 Å². The van der Waals surface area contributed by atoms with Gasteiger partial charge in [0, 0.05) is 8.95 Å². The fourth-order valence-electron chi connectivity index (χ4n) is 1.28. The Bertz CT molecular complexity index is 340. The summed E-state index contributed by atoms with van der Waals surface area (Å²) < 4.78 is 2.02. The van der Waals surface area contributed by atoms with E-state index < -0.39 is 0 Å². The summed E-state index contributed by atoms with van der Waals surface area (Å²) in [6.45, 7) is 6.55. The lowest BCUT2D eigenvalue weighted by Gasteiger charge is -2.22. The molecule has 0 radical (unpaired) electrons. The summed E-state index contributed by atoms with van der Waals surface area (Å²) in [5.41, 5.74) is 2.25. The molecule has 0 saturated heterocycles. The van der Waals surface area contributed by atoms with E-state index in [9.17, 15) is 0 Å². The summed E-state index contributed by atoms with van der Waals surface area (Å²) in [7, 11) is 0. The van der Waals surface area contributed by atoms with E-state index in [2.05, 4.69) is 58.7 Å². The Morgan fingerprint density at radius 1 is 1.14 bits per heavy atom. The predicted octanol–water partition coefficient (Wildman–Crippen LogP) is 4.00. The molecule has 0 saturated carbocycles. The van der Waals surface area contributed by atoms with Crippen molar-refractivity contribution in [2.24, 2.45) is 0 Å². The van der Waals surface area contributed by atoms with Gasteiger partial charge in [-0.3, -0.25) is 0 Å². The van der Waals surface area contributed by atoms with Crippen LogP contribution in [-0.2, 0) is 12.0 Å². The van der Waals surface area contributed by atoms with Crippen LogP contribution in [0.2, 0.25) is 0 Å². The van der Waals surface area contributed by atoms with Crippen molar-refractivity contribution in [3.8, 4) is 0 Å². The third-order valence-electron chi connectivity index (χ3n) is 2.11. The van der Waals surface area contributed by atoms with Gasteiger partial charge in [-0.15, -0.1) is 0 Å². The lowest BCUT2D eigenvalue weighted by molar-refractivity contribution is 0.281. The molecule has 0 aliphatic carbocycles. The maximum atomic E-state index is 9.09. The van der Waals surface area contributed by atoms with Gasteiger partial charge in [-0.2, -0.15) is 0 Å². The summed E-state index contributed by atoms with van der Waals surface area (Å²) in [5.74, 6) is 0. The molecule has 78 valence electrons. The Hall–Kier alpha value is 0.140. The maximum Gasteiger partial charge on any atom is 0.0693 e. The minimum atomic E-state index is 0.0591. The topological polar surface area (TPSA) is 20.2 Å². The molecule has 1 N–H and O–H groups in total. The van der Waals surface area contributed by atoms with Crippen LogP contribution in [-0.4, -0.2) is 5.11 Å². The van der Waals surface area contributed by atoms with Gasteiger partial charge in [0.1, 0.15) is 0 Å².